The second kappa shape index (κ2) is 6.91. The van der Waals surface area contributed by atoms with Gasteiger partial charge < -0.3 is 9.73 Å². The molecule has 2 aromatic carbocycles. The highest BCUT2D eigenvalue weighted by Gasteiger charge is 2.14. The lowest BCUT2D eigenvalue weighted by molar-refractivity contribution is 0.0927. The van der Waals surface area contributed by atoms with Gasteiger partial charge in [0, 0.05) is 6.54 Å². The number of amides is 1. The summed E-state index contributed by atoms with van der Waals surface area (Å²) in [6, 6.07) is 21.5. The van der Waals surface area contributed by atoms with E-state index in [4.69, 9.17) is 4.42 Å². The predicted octanol–water partition coefficient (Wildman–Crippen LogP) is 4.53. The Hall–Kier alpha value is -2.92. The van der Waals surface area contributed by atoms with Crippen molar-refractivity contribution in [3.05, 3.63) is 78.1 Å². The summed E-state index contributed by atoms with van der Waals surface area (Å²) in [5.74, 6) is 0.722. The molecule has 4 nitrogen and oxygen atoms in total. The van der Waals surface area contributed by atoms with Crippen molar-refractivity contribution in [1.29, 1.82) is 0 Å². The van der Waals surface area contributed by atoms with Crippen molar-refractivity contribution in [3.8, 4) is 10.8 Å². The van der Waals surface area contributed by atoms with Crippen molar-refractivity contribution in [2.24, 2.45) is 0 Å². The van der Waals surface area contributed by atoms with Crippen LogP contribution < -0.4 is 5.32 Å². The molecule has 2 heterocycles. The Morgan fingerprint density at radius 3 is 2.64 bits per heavy atom. The van der Waals surface area contributed by atoms with E-state index < -0.39 is 0 Å². The second-order valence-corrected chi connectivity index (χ2v) is 6.67. The third-order valence-corrected chi connectivity index (χ3v) is 4.93. The summed E-state index contributed by atoms with van der Waals surface area (Å²) in [4.78, 5) is 16.8. The molecule has 0 fully saturated rings. The average molecular weight is 348 g/mol. The molecule has 5 heteroatoms. The molecule has 4 rings (SSSR count). The Bertz CT molecular complexity index is 972. The number of hydrogen-bond acceptors (Lipinski definition) is 4. The van der Waals surface area contributed by atoms with E-state index in [-0.39, 0.29) is 5.91 Å². The minimum absolute atomic E-state index is 0.205. The van der Waals surface area contributed by atoms with Gasteiger partial charge in [0.1, 0.15) is 0 Å². The zero-order valence-corrected chi connectivity index (χ0v) is 14.3. The number of carbonyl (C=O) groups is 1. The first-order valence-corrected chi connectivity index (χ1v) is 8.89. The van der Waals surface area contributed by atoms with Crippen LogP contribution in [0.4, 0.5) is 0 Å². The fraction of sp³-hybridized carbons (Fsp3) is 0.100. The number of thiazole rings is 1. The summed E-state index contributed by atoms with van der Waals surface area (Å²) in [6.07, 6.45) is 0.790. The molecule has 4 aromatic rings. The highest BCUT2D eigenvalue weighted by atomic mass is 32.1. The van der Waals surface area contributed by atoms with Gasteiger partial charge in [-0.1, -0.05) is 42.5 Å². The van der Waals surface area contributed by atoms with Gasteiger partial charge in [-0.2, -0.15) is 0 Å². The van der Waals surface area contributed by atoms with Crippen LogP contribution in [0.15, 0.2) is 71.1 Å². The lowest BCUT2D eigenvalue weighted by Gasteiger charge is -2.03. The van der Waals surface area contributed by atoms with Crippen molar-refractivity contribution in [2.45, 2.75) is 6.42 Å². The van der Waals surface area contributed by atoms with Crippen LogP contribution in [-0.4, -0.2) is 17.4 Å². The first-order valence-electron chi connectivity index (χ1n) is 8.07. The molecule has 2 aromatic heterocycles. The molecule has 25 heavy (non-hydrogen) atoms. The van der Waals surface area contributed by atoms with E-state index in [1.54, 1.807) is 23.5 Å². The van der Waals surface area contributed by atoms with E-state index in [2.05, 4.69) is 10.3 Å². The summed E-state index contributed by atoms with van der Waals surface area (Å²) in [5.41, 5.74) is 2.13. The summed E-state index contributed by atoms with van der Waals surface area (Å²) in [5, 5.41) is 3.67. The van der Waals surface area contributed by atoms with Crippen molar-refractivity contribution in [3.63, 3.8) is 0 Å². The number of furan rings is 1. The molecule has 0 aliphatic heterocycles. The van der Waals surface area contributed by atoms with Crippen molar-refractivity contribution < 1.29 is 9.21 Å². The molecule has 0 radical (unpaired) electrons. The molecule has 0 bridgehead atoms. The second-order valence-electron chi connectivity index (χ2n) is 5.64. The third-order valence-electron chi connectivity index (χ3n) is 3.88. The Labute approximate surface area is 149 Å². The third kappa shape index (κ3) is 3.46. The number of rotatable bonds is 5. The molecular formula is C20H16N2O2S. The number of aromatic nitrogens is 1. The van der Waals surface area contributed by atoms with E-state index in [9.17, 15) is 4.79 Å². The molecule has 0 spiro atoms. The molecule has 1 N–H and O–H groups in total. The van der Waals surface area contributed by atoms with Gasteiger partial charge in [-0.25, -0.2) is 4.98 Å². The summed E-state index contributed by atoms with van der Waals surface area (Å²) in [6.45, 7) is 0.569. The molecule has 0 saturated heterocycles. The molecule has 0 saturated carbocycles. The molecule has 0 aliphatic carbocycles. The number of para-hydroxylation sites is 1. The van der Waals surface area contributed by atoms with Crippen LogP contribution in [0.2, 0.25) is 0 Å². The lowest BCUT2D eigenvalue weighted by atomic mass is 10.1. The molecular weight excluding hydrogens is 332 g/mol. The number of fused-ring (bicyclic) bond motifs is 1. The minimum atomic E-state index is -0.205. The van der Waals surface area contributed by atoms with Crippen molar-refractivity contribution >= 4 is 27.5 Å². The number of carbonyl (C=O) groups excluding carboxylic acids is 1. The topological polar surface area (TPSA) is 55.1 Å². The van der Waals surface area contributed by atoms with Crippen LogP contribution in [-0.2, 0) is 6.42 Å². The minimum Gasteiger partial charge on any atom is -0.448 e. The van der Waals surface area contributed by atoms with E-state index >= 15 is 0 Å². The zero-order chi connectivity index (χ0) is 17.1. The number of nitrogens with one attached hydrogen (secondary N) is 1. The number of nitrogens with zero attached hydrogens (tertiary/aromatic N) is 1. The number of hydrogen-bond donors (Lipinski definition) is 1. The van der Waals surface area contributed by atoms with Gasteiger partial charge in [0.05, 0.1) is 10.2 Å². The maximum absolute atomic E-state index is 12.2. The first-order chi connectivity index (χ1) is 12.3. The lowest BCUT2D eigenvalue weighted by Crippen LogP contribution is -2.25. The highest BCUT2D eigenvalue weighted by molar-refractivity contribution is 7.21. The largest absolute Gasteiger partial charge is 0.448 e. The van der Waals surface area contributed by atoms with E-state index in [0.29, 0.717) is 18.1 Å². The van der Waals surface area contributed by atoms with Gasteiger partial charge in [0.15, 0.2) is 16.5 Å². The van der Waals surface area contributed by atoms with Crippen molar-refractivity contribution in [2.75, 3.05) is 6.54 Å². The van der Waals surface area contributed by atoms with Crippen LogP contribution in [0.1, 0.15) is 16.1 Å². The van der Waals surface area contributed by atoms with E-state index in [0.717, 1.165) is 21.6 Å². The molecule has 0 aliphatic rings. The summed E-state index contributed by atoms with van der Waals surface area (Å²) < 4.78 is 6.80. The van der Waals surface area contributed by atoms with Gasteiger partial charge in [-0.05, 0) is 36.2 Å². The molecule has 0 unspecified atom stereocenters. The Kier molecular flexibility index (Phi) is 4.31. The monoisotopic (exact) mass is 348 g/mol. The Morgan fingerprint density at radius 1 is 1.00 bits per heavy atom. The fourth-order valence-corrected chi connectivity index (χ4v) is 3.53. The van der Waals surface area contributed by atoms with Crippen LogP contribution in [0.3, 0.4) is 0 Å². The Morgan fingerprint density at radius 2 is 1.80 bits per heavy atom. The van der Waals surface area contributed by atoms with Gasteiger partial charge in [-0.3, -0.25) is 4.79 Å². The highest BCUT2D eigenvalue weighted by Crippen LogP contribution is 2.31. The van der Waals surface area contributed by atoms with Crippen LogP contribution in [0, 0.1) is 0 Å². The molecule has 1 amide bonds. The van der Waals surface area contributed by atoms with Gasteiger partial charge in [0.25, 0.3) is 5.91 Å². The fourth-order valence-electron chi connectivity index (χ4n) is 2.60. The van der Waals surface area contributed by atoms with Gasteiger partial charge in [-0.15, -0.1) is 11.3 Å². The molecule has 124 valence electrons. The maximum atomic E-state index is 12.2. The van der Waals surface area contributed by atoms with Gasteiger partial charge in [0.2, 0.25) is 0 Å². The Balaban J connectivity index is 1.42. The first kappa shape index (κ1) is 15.6. The zero-order valence-electron chi connectivity index (χ0n) is 13.4. The van der Waals surface area contributed by atoms with Gasteiger partial charge >= 0.3 is 0 Å². The summed E-state index contributed by atoms with van der Waals surface area (Å²) in [7, 11) is 0. The number of benzene rings is 2. The SMILES string of the molecule is O=C(NCCc1ccccc1)c1ccc(-c2nc3ccccc3s2)o1. The van der Waals surface area contributed by atoms with E-state index in [1.807, 2.05) is 54.6 Å². The van der Waals surface area contributed by atoms with Crippen LogP contribution in [0.5, 0.6) is 0 Å². The normalized spacial score (nSPS) is 10.9. The average Bonchev–Trinajstić information content (AvgIpc) is 3.29. The van der Waals surface area contributed by atoms with Crippen molar-refractivity contribution in [1.82, 2.24) is 10.3 Å². The summed E-state index contributed by atoms with van der Waals surface area (Å²) >= 11 is 1.55. The van der Waals surface area contributed by atoms with Crippen LogP contribution >= 0.6 is 11.3 Å². The standard InChI is InChI=1S/C20H16N2O2S/c23-19(21-13-12-14-6-2-1-3-7-14)16-10-11-17(24-16)20-22-15-8-4-5-9-18(15)25-20/h1-11H,12-13H2,(H,21,23). The van der Waals surface area contributed by atoms with E-state index in [1.165, 1.54) is 5.56 Å². The smallest absolute Gasteiger partial charge is 0.287 e. The quantitative estimate of drug-likeness (QED) is 0.576. The van der Waals surface area contributed by atoms with Crippen LogP contribution in [0.25, 0.3) is 21.0 Å². The maximum Gasteiger partial charge on any atom is 0.287 e. The predicted molar refractivity (Wildman–Crippen MR) is 99.8 cm³/mol. The molecule has 0 atom stereocenters.